The number of aromatic nitrogens is 1. The molecule has 0 aliphatic rings. The summed E-state index contributed by atoms with van der Waals surface area (Å²) in [5.41, 5.74) is 15.1. The first kappa shape index (κ1) is 36.1. The maximum Gasteiger partial charge on any atom is 0.120 e. The van der Waals surface area contributed by atoms with Crippen LogP contribution in [0.25, 0.3) is 99.3 Å². The zero-order chi connectivity index (χ0) is 39.6. The van der Waals surface area contributed by atoms with E-state index in [9.17, 15) is 0 Å². The molecule has 4 nitrogen and oxygen atoms in total. The van der Waals surface area contributed by atoms with Gasteiger partial charge in [-0.1, -0.05) is 83.9 Å². The Kier molecular flexibility index (Phi) is 8.39. The van der Waals surface area contributed by atoms with Crippen molar-refractivity contribution in [3.05, 3.63) is 129 Å². The van der Waals surface area contributed by atoms with Crippen molar-refractivity contribution < 1.29 is 9.47 Å². The standard InChI is InChI=1S/C24H17Cl2NOS2.C24H15NOS2/c1-12-6-8-14-18(10-12)29-23(25)20(14)16-4-3-5-17(22(16)27)21-15-9-7-13(28-2)11-19(15)30-24(21)26;1-12-6-8-14-18(10-12)27-23-20(14)16-4-3-5-17-21-15-9-7-13(26-2)11-19(15)28-24(21)25(23)22(16)17/h3-11H,27H2,1-2H3;3-11H,1-2H3. The van der Waals surface area contributed by atoms with Gasteiger partial charge in [-0.25, -0.2) is 0 Å². The molecular weight excluding hydrogens is 836 g/mol. The highest BCUT2D eigenvalue weighted by Crippen LogP contribution is 2.51. The Hall–Kier alpha value is -5.06. The van der Waals surface area contributed by atoms with E-state index in [4.69, 9.17) is 38.4 Å². The molecule has 2 N–H and O–H groups in total. The Balaban J connectivity index is 0.000000133. The second kappa shape index (κ2) is 13.5. The molecule has 0 aliphatic carbocycles. The molecule has 0 radical (unpaired) electrons. The van der Waals surface area contributed by atoms with Crippen molar-refractivity contribution in [2.24, 2.45) is 0 Å². The topological polar surface area (TPSA) is 48.9 Å². The summed E-state index contributed by atoms with van der Waals surface area (Å²) >= 11 is 20.3. The van der Waals surface area contributed by atoms with Gasteiger partial charge in [0.15, 0.2) is 0 Å². The van der Waals surface area contributed by atoms with E-state index in [1.54, 1.807) is 25.6 Å². The lowest BCUT2D eigenvalue weighted by molar-refractivity contribution is 0.415. The molecule has 6 aromatic heterocycles. The van der Waals surface area contributed by atoms with Crippen LogP contribution in [0.1, 0.15) is 11.1 Å². The Morgan fingerprint density at radius 2 is 0.931 bits per heavy atom. The molecule has 0 amide bonds. The number of nitrogens with zero attached hydrogens (tertiary/aromatic N) is 1. The van der Waals surface area contributed by atoms with E-state index >= 15 is 0 Å². The summed E-state index contributed by atoms with van der Waals surface area (Å²) in [5, 5.41) is 10.4. The zero-order valence-corrected chi connectivity index (χ0v) is 36.4. The number of ether oxygens (including phenoxy) is 2. The van der Waals surface area contributed by atoms with Crippen molar-refractivity contribution in [2.45, 2.75) is 13.8 Å². The number of aryl methyl sites for hydroxylation is 2. The second-order valence-electron chi connectivity index (χ2n) is 14.6. The van der Waals surface area contributed by atoms with Gasteiger partial charge in [0.05, 0.1) is 19.7 Å². The van der Waals surface area contributed by atoms with Crippen molar-refractivity contribution >= 4 is 151 Å². The van der Waals surface area contributed by atoms with Gasteiger partial charge < -0.3 is 15.2 Å². The van der Waals surface area contributed by atoms with E-state index in [0.717, 1.165) is 58.3 Å². The molecule has 0 aliphatic heterocycles. The normalized spacial score (nSPS) is 12.0. The van der Waals surface area contributed by atoms with Gasteiger partial charge in [0.1, 0.15) is 29.8 Å². The van der Waals surface area contributed by atoms with E-state index in [1.807, 2.05) is 59.1 Å². The van der Waals surface area contributed by atoms with Crippen molar-refractivity contribution in [1.82, 2.24) is 4.40 Å². The largest absolute Gasteiger partial charge is 0.497 e. The molecule has 0 atom stereocenters. The van der Waals surface area contributed by atoms with Crippen LogP contribution in [0, 0.1) is 13.8 Å². The number of nitrogens with two attached hydrogens (primary N) is 1. The summed E-state index contributed by atoms with van der Waals surface area (Å²) in [6.07, 6.45) is 0. The van der Waals surface area contributed by atoms with Crippen LogP contribution in [-0.2, 0) is 0 Å². The fraction of sp³-hybridized carbons (Fsp3) is 0.0833. The van der Waals surface area contributed by atoms with Crippen LogP contribution in [0.3, 0.4) is 0 Å². The minimum absolute atomic E-state index is 0.678. The van der Waals surface area contributed by atoms with Crippen molar-refractivity contribution in [2.75, 3.05) is 20.0 Å². The molecule has 0 bridgehead atoms. The number of hydrogen-bond acceptors (Lipinski definition) is 7. The average Bonchev–Trinajstić information content (AvgIpc) is 4.05. The molecule has 0 spiro atoms. The van der Waals surface area contributed by atoms with Gasteiger partial charge in [-0.3, -0.25) is 4.40 Å². The Morgan fingerprint density at radius 3 is 1.47 bits per heavy atom. The molecule has 0 unspecified atom stereocenters. The number of thiophene rings is 4. The smallest absolute Gasteiger partial charge is 0.120 e. The van der Waals surface area contributed by atoms with E-state index < -0.39 is 0 Å². The highest BCUT2D eigenvalue weighted by atomic mass is 35.5. The first-order chi connectivity index (χ1) is 28.2. The zero-order valence-electron chi connectivity index (χ0n) is 31.6. The highest BCUT2D eigenvalue weighted by Gasteiger charge is 2.24. The maximum atomic E-state index is 6.74. The van der Waals surface area contributed by atoms with Gasteiger partial charge in [0, 0.05) is 89.8 Å². The predicted molar refractivity (Wildman–Crippen MR) is 257 cm³/mol. The third-order valence-corrected chi connectivity index (χ3v) is 16.2. The SMILES string of the molecule is COc1ccc2c(-c3cccc(-c4c(Cl)sc5cc(C)ccc45)c3N)c(Cl)sc2c1.COc1ccc2c(c1)sc1c2c2cccc3c4c5ccc(C)cc5sc4n1c32. The lowest BCUT2D eigenvalue weighted by atomic mass is 9.95. The molecule has 284 valence electrons. The number of halogens is 2. The molecule has 0 fully saturated rings. The lowest BCUT2D eigenvalue weighted by Gasteiger charge is -2.12. The molecule has 12 aromatic rings. The van der Waals surface area contributed by atoms with Crippen LogP contribution < -0.4 is 15.2 Å². The highest BCUT2D eigenvalue weighted by molar-refractivity contribution is 7.27. The van der Waals surface area contributed by atoms with Crippen molar-refractivity contribution in [3.63, 3.8) is 0 Å². The second-order valence-corrected chi connectivity index (χ2v) is 20.0. The minimum Gasteiger partial charge on any atom is -0.497 e. The number of methoxy groups -OCH3 is 2. The van der Waals surface area contributed by atoms with Crippen LogP contribution in [0.4, 0.5) is 5.69 Å². The molecule has 6 heterocycles. The van der Waals surface area contributed by atoms with Gasteiger partial charge in [-0.15, -0.1) is 45.3 Å². The first-order valence-corrected chi connectivity index (χ1v) is 22.7. The van der Waals surface area contributed by atoms with Crippen LogP contribution in [-0.4, -0.2) is 18.6 Å². The van der Waals surface area contributed by atoms with E-state index in [0.29, 0.717) is 10.0 Å². The molecule has 6 aromatic carbocycles. The molecule has 12 rings (SSSR count). The maximum absolute atomic E-state index is 6.74. The quantitative estimate of drug-likeness (QED) is 0.179. The van der Waals surface area contributed by atoms with Crippen molar-refractivity contribution in [3.8, 4) is 33.8 Å². The van der Waals surface area contributed by atoms with Gasteiger partial charge in [-0.05, 0) is 73.5 Å². The minimum atomic E-state index is 0.678. The number of hydrogen-bond donors (Lipinski definition) is 1. The van der Waals surface area contributed by atoms with E-state index in [1.165, 1.54) is 79.4 Å². The number of anilines is 1. The van der Waals surface area contributed by atoms with E-state index in [2.05, 4.69) is 91.0 Å². The summed E-state index contributed by atoms with van der Waals surface area (Å²) in [4.78, 5) is 2.70. The van der Waals surface area contributed by atoms with Crippen LogP contribution in [0.5, 0.6) is 11.5 Å². The molecule has 0 saturated carbocycles. The number of para-hydroxylation sites is 2. The van der Waals surface area contributed by atoms with Gasteiger partial charge in [0.2, 0.25) is 0 Å². The Bertz CT molecular complexity index is 3630. The van der Waals surface area contributed by atoms with Crippen LogP contribution >= 0.6 is 68.5 Å². The number of benzene rings is 6. The van der Waals surface area contributed by atoms with Crippen molar-refractivity contribution in [1.29, 1.82) is 0 Å². The van der Waals surface area contributed by atoms with E-state index in [-0.39, 0.29) is 0 Å². The summed E-state index contributed by atoms with van der Waals surface area (Å²) in [7, 11) is 3.39. The summed E-state index contributed by atoms with van der Waals surface area (Å²) < 4.78 is 19.6. The average molecular weight is 868 g/mol. The van der Waals surface area contributed by atoms with Gasteiger partial charge in [0.25, 0.3) is 0 Å². The fourth-order valence-corrected chi connectivity index (χ4v) is 14.1. The number of rotatable bonds is 4. The summed E-state index contributed by atoms with van der Waals surface area (Å²) in [6.45, 7) is 4.25. The number of fused-ring (bicyclic) bond motifs is 12. The Labute approximate surface area is 359 Å². The number of nitrogen functional groups attached to an aromatic ring is 1. The first-order valence-electron chi connectivity index (χ1n) is 18.6. The van der Waals surface area contributed by atoms with Crippen LogP contribution in [0.2, 0.25) is 8.67 Å². The predicted octanol–water partition coefficient (Wildman–Crippen LogP) is 16.2. The molecule has 10 heteroatoms. The molecule has 0 saturated heterocycles. The third-order valence-electron chi connectivity index (χ3n) is 11.2. The Morgan fingerprint density at radius 1 is 0.500 bits per heavy atom. The molecular formula is C48H32Cl2N2O2S4. The molecule has 58 heavy (non-hydrogen) atoms. The van der Waals surface area contributed by atoms with Gasteiger partial charge in [-0.2, -0.15) is 0 Å². The third kappa shape index (κ3) is 5.29. The van der Waals surface area contributed by atoms with Crippen LogP contribution in [0.15, 0.2) is 109 Å². The summed E-state index contributed by atoms with van der Waals surface area (Å²) in [6, 6.07) is 38.5. The van der Waals surface area contributed by atoms with Gasteiger partial charge >= 0.3 is 0 Å². The monoisotopic (exact) mass is 866 g/mol. The summed E-state index contributed by atoms with van der Waals surface area (Å²) in [5.74, 6) is 1.72. The fourth-order valence-electron chi connectivity index (χ4n) is 8.55. The lowest BCUT2D eigenvalue weighted by Crippen LogP contribution is -1.94.